The van der Waals surface area contributed by atoms with Crippen molar-refractivity contribution < 1.29 is 29.4 Å². The van der Waals surface area contributed by atoms with E-state index in [1.54, 1.807) is 19.1 Å². The van der Waals surface area contributed by atoms with Gasteiger partial charge in [0.15, 0.2) is 0 Å². The molecule has 3 aromatic carbocycles. The van der Waals surface area contributed by atoms with Crippen molar-refractivity contribution in [3.8, 4) is 16.9 Å². The number of nitrogens with one attached hydrogen (secondary N) is 2. The van der Waals surface area contributed by atoms with Gasteiger partial charge >= 0.3 is 0 Å². The number of carbonyl (C=O) groups excluding carboxylic acids is 2. The topological polar surface area (TPSA) is 124 Å². The van der Waals surface area contributed by atoms with Gasteiger partial charge in [-0.25, -0.2) is 0 Å². The van der Waals surface area contributed by atoms with Crippen LogP contribution in [0.25, 0.3) is 11.1 Å². The van der Waals surface area contributed by atoms with Gasteiger partial charge in [-0.1, -0.05) is 81.4 Å². The average Bonchev–Trinajstić information content (AvgIpc) is 3.51. The van der Waals surface area contributed by atoms with Gasteiger partial charge in [0.25, 0.3) is 5.91 Å². The number of nitrogens with zero attached hydrogens (tertiary/aromatic N) is 2. The van der Waals surface area contributed by atoms with Crippen LogP contribution in [0.2, 0.25) is 0 Å². The summed E-state index contributed by atoms with van der Waals surface area (Å²) in [5.74, 6) is 1.08. The van der Waals surface area contributed by atoms with E-state index in [1.807, 2.05) is 74.8 Å². The van der Waals surface area contributed by atoms with Crippen LogP contribution in [-0.4, -0.2) is 96.7 Å². The third-order valence-electron chi connectivity index (χ3n) is 12.4. The molecule has 1 aliphatic heterocycles. The van der Waals surface area contributed by atoms with Crippen molar-refractivity contribution in [3.63, 3.8) is 0 Å². The minimum atomic E-state index is -0.892. The smallest absolute Gasteiger partial charge is 0.251 e. The van der Waals surface area contributed by atoms with E-state index < -0.39 is 24.2 Å². The van der Waals surface area contributed by atoms with Crippen LogP contribution >= 0.6 is 0 Å². The third-order valence-corrected chi connectivity index (χ3v) is 12.4. The van der Waals surface area contributed by atoms with Crippen molar-refractivity contribution in [1.29, 1.82) is 0 Å². The van der Waals surface area contributed by atoms with Gasteiger partial charge in [-0.2, -0.15) is 5.06 Å². The molecule has 3 aromatic rings. The van der Waals surface area contributed by atoms with Crippen LogP contribution in [0.4, 0.5) is 0 Å². The first-order valence-electron chi connectivity index (χ1n) is 19.1. The first-order chi connectivity index (χ1) is 25.3. The Morgan fingerprint density at radius 2 is 1.79 bits per heavy atom. The standard InChI is InChI=1S/C43H58N4O6/c1-26-35-21-32(43(35,3)4)22-36(26)45-42(51)39-38(27(2)49)37(25-48)53-47(39)23-31-17-12-18-34(40(31)52-7)29-15-11-16-30(20-29)41(50)44-33(24-46(5)6)19-28-13-9-8-10-14-28/h8-18,20,26-27,32-33,35-39,48-49H,19,21-25H2,1-7H3,(H,44,50)(H,45,51)/t26-,27-,32+,33-,35-,36+,37-,38+,39-/m0/s1. The maximum Gasteiger partial charge on any atom is 0.251 e. The number of ether oxygens (including phenoxy) is 1. The highest BCUT2D eigenvalue weighted by molar-refractivity contribution is 5.96. The van der Waals surface area contributed by atoms with Crippen LogP contribution in [-0.2, 0) is 22.6 Å². The van der Waals surface area contributed by atoms with E-state index in [2.05, 4.69) is 48.4 Å². The Balaban J connectivity index is 1.23. The number of hydrogen-bond donors (Lipinski definition) is 4. The Hall–Kier alpha value is -3.80. The van der Waals surface area contributed by atoms with Crippen molar-refractivity contribution in [3.05, 3.63) is 89.5 Å². The zero-order valence-electron chi connectivity index (χ0n) is 32.3. The van der Waals surface area contributed by atoms with Crippen LogP contribution in [0.5, 0.6) is 5.75 Å². The maximum absolute atomic E-state index is 14.2. The summed E-state index contributed by atoms with van der Waals surface area (Å²) in [6.07, 6.45) is 1.21. The number of methoxy groups -OCH3 is 1. The van der Waals surface area contributed by atoms with Gasteiger partial charge in [0, 0.05) is 41.2 Å². The van der Waals surface area contributed by atoms with Crippen molar-refractivity contribution in [2.45, 2.75) is 83.8 Å². The fourth-order valence-electron chi connectivity index (χ4n) is 9.43. The minimum Gasteiger partial charge on any atom is -0.496 e. The largest absolute Gasteiger partial charge is 0.496 e. The van der Waals surface area contributed by atoms with Gasteiger partial charge in [-0.15, -0.1) is 0 Å². The summed E-state index contributed by atoms with van der Waals surface area (Å²) >= 11 is 0. The van der Waals surface area contributed by atoms with Crippen molar-refractivity contribution in [2.75, 3.05) is 34.4 Å². The summed E-state index contributed by atoms with van der Waals surface area (Å²) in [4.78, 5) is 36.2. The van der Waals surface area contributed by atoms with Crippen LogP contribution < -0.4 is 15.4 Å². The molecule has 53 heavy (non-hydrogen) atoms. The third kappa shape index (κ3) is 8.17. The van der Waals surface area contributed by atoms with E-state index in [4.69, 9.17) is 9.57 Å². The van der Waals surface area contributed by atoms with Crippen LogP contribution in [0.15, 0.2) is 72.8 Å². The normalized spacial score (nSPS) is 27.5. The number of fused-ring (bicyclic) bond motifs is 2. The molecule has 1 saturated heterocycles. The van der Waals surface area contributed by atoms with Gasteiger partial charge < -0.3 is 30.5 Å². The van der Waals surface area contributed by atoms with E-state index in [0.717, 1.165) is 28.7 Å². The molecule has 286 valence electrons. The average molecular weight is 727 g/mol. The molecule has 0 aromatic heterocycles. The highest BCUT2D eigenvalue weighted by atomic mass is 16.7. The van der Waals surface area contributed by atoms with Crippen molar-refractivity contribution in [2.24, 2.45) is 29.1 Å². The van der Waals surface area contributed by atoms with Crippen LogP contribution in [0, 0.1) is 29.1 Å². The zero-order valence-corrected chi connectivity index (χ0v) is 32.3. The molecule has 0 spiro atoms. The fourth-order valence-corrected chi connectivity index (χ4v) is 9.43. The van der Waals surface area contributed by atoms with E-state index >= 15 is 0 Å². The van der Waals surface area contributed by atoms with Gasteiger partial charge in [0.05, 0.1) is 26.4 Å². The van der Waals surface area contributed by atoms with Gasteiger partial charge in [0.1, 0.15) is 17.9 Å². The lowest BCUT2D eigenvalue weighted by Crippen LogP contribution is -2.62. The SMILES string of the molecule is COc1c(CN2O[C@@H](CO)[C@@H]([C@H](C)O)[C@H]2C(=O)N[C@@H]2C[C@H]3C[C@@H]([C@@H]2C)C3(C)C)cccc1-c1cccc(C(=O)N[C@@H](Cc2ccccc2)CN(C)C)c1. The number of aliphatic hydroxyl groups is 2. The lowest BCUT2D eigenvalue weighted by atomic mass is 9.45. The summed E-state index contributed by atoms with van der Waals surface area (Å²) in [7, 11) is 5.61. The van der Waals surface area contributed by atoms with E-state index in [-0.39, 0.29) is 42.5 Å². The monoisotopic (exact) mass is 726 g/mol. The molecule has 4 N–H and O–H groups in total. The van der Waals surface area contributed by atoms with E-state index in [9.17, 15) is 19.8 Å². The second kappa shape index (κ2) is 16.3. The number of aliphatic hydroxyl groups excluding tert-OH is 2. The molecule has 3 saturated carbocycles. The predicted octanol–water partition coefficient (Wildman–Crippen LogP) is 4.93. The fraction of sp³-hybridized carbons (Fsp3) is 0.535. The summed E-state index contributed by atoms with van der Waals surface area (Å²) in [6.45, 7) is 9.10. The molecule has 10 heteroatoms. The molecule has 0 radical (unpaired) electrons. The minimum absolute atomic E-state index is 0.0443. The molecule has 7 rings (SSSR count). The first-order valence-corrected chi connectivity index (χ1v) is 19.1. The second-order valence-electron chi connectivity index (χ2n) is 16.4. The molecule has 0 unspecified atom stereocenters. The Morgan fingerprint density at radius 3 is 2.43 bits per heavy atom. The van der Waals surface area contributed by atoms with Crippen molar-refractivity contribution in [1.82, 2.24) is 20.6 Å². The number of para-hydroxylation sites is 1. The summed E-state index contributed by atoms with van der Waals surface area (Å²) < 4.78 is 6.02. The zero-order chi connectivity index (χ0) is 38.0. The second-order valence-corrected chi connectivity index (χ2v) is 16.4. The number of hydrogen-bond acceptors (Lipinski definition) is 8. The molecule has 10 nitrogen and oxygen atoms in total. The highest BCUT2D eigenvalue weighted by Gasteiger charge is 2.57. The summed E-state index contributed by atoms with van der Waals surface area (Å²) in [6, 6.07) is 22.6. The lowest BCUT2D eigenvalue weighted by molar-refractivity contribution is -0.183. The van der Waals surface area contributed by atoms with E-state index in [0.29, 0.717) is 42.0 Å². The molecular weight excluding hydrogens is 668 g/mol. The maximum atomic E-state index is 14.2. The number of carbonyl (C=O) groups is 2. The Kier molecular flexibility index (Phi) is 12.0. The Morgan fingerprint density at radius 1 is 1.06 bits per heavy atom. The molecule has 1 heterocycles. The summed E-state index contributed by atoms with van der Waals surface area (Å²) in [5, 5.41) is 29.4. The lowest BCUT2D eigenvalue weighted by Gasteiger charge is -2.62. The Labute approximate surface area is 314 Å². The predicted molar refractivity (Wildman–Crippen MR) is 206 cm³/mol. The van der Waals surface area contributed by atoms with Crippen LogP contribution in [0.3, 0.4) is 0 Å². The van der Waals surface area contributed by atoms with Crippen molar-refractivity contribution >= 4 is 11.8 Å². The molecule has 3 aliphatic carbocycles. The molecular formula is C43H58N4O6. The number of hydroxylamine groups is 2. The number of likely N-dealkylation sites (N-methyl/N-ethyl adjacent to an activating group) is 1. The molecule has 4 aliphatic rings. The molecule has 4 fully saturated rings. The van der Waals surface area contributed by atoms with E-state index in [1.165, 1.54) is 6.42 Å². The van der Waals surface area contributed by atoms with Gasteiger partial charge in [0.2, 0.25) is 5.91 Å². The Bertz CT molecular complexity index is 1730. The first kappa shape index (κ1) is 38.9. The number of rotatable bonds is 14. The van der Waals surface area contributed by atoms with Gasteiger partial charge in [-0.3, -0.25) is 14.4 Å². The quantitative estimate of drug-likeness (QED) is 0.185. The van der Waals surface area contributed by atoms with Gasteiger partial charge in [-0.05, 0) is 86.7 Å². The molecule has 9 atom stereocenters. The summed E-state index contributed by atoms with van der Waals surface area (Å²) in [5.41, 5.74) is 4.35. The molecule has 2 bridgehead atoms. The van der Waals surface area contributed by atoms with Crippen LogP contribution in [0.1, 0.15) is 62.0 Å². The highest BCUT2D eigenvalue weighted by Crippen LogP contribution is 2.61. The molecule has 2 amide bonds. The number of amides is 2. The number of benzene rings is 3.